The highest BCUT2D eigenvalue weighted by Crippen LogP contribution is 2.39. The summed E-state index contributed by atoms with van der Waals surface area (Å²) in [5, 5.41) is 0. The van der Waals surface area contributed by atoms with E-state index in [1.165, 1.54) is 64.6 Å². The average molecular weight is 209 g/mol. The fourth-order valence-electron chi connectivity index (χ4n) is 3.47. The maximum Gasteiger partial charge on any atom is -0.00161 e. The Morgan fingerprint density at radius 1 is 1.13 bits per heavy atom. The molecule has 0 spiro atoms. The van der Waals surface area contributed by atoms with E-state index in [0.717, 1.165) is 5.92 Å². The van der Waals surface area contributed by atoms with Gasteiger partial charge in [0.2, 0.25) is 0 Å². The van der Waals surface area contributed by atoms with Crippen LogP contribution in [0.1, 0.15) is 58.8 Å². The zero-order valence-corrected chi connectivity index (χ0v) is 10.6. The largest absolute Gasteiger partial charge is 0.303 e. The fraction of sp³-hybridized carbons (Fsp3) is 1.00. The van der Waals surface area contributed by atoms with Crippen molar-refractivity contribution in [2.24, 2.45) is 11.3 Å². The Balaban J connectivity index is 1.69. The monoisotopic (exact) mass is 209 g/mol. The van der Waals surface area contributed by atoms with Crippen molar-refractivity contribution < 1.29 is 0 Å². The van der Waals surface area contributed by atoms with Gasteiger partial charge in [-0.1, -0.05) is 26.7 Å². The lowest BCUT2D eigenvalue weighted by Gasteiger charge is -2.35. The van der Waals surface area contributed by atoms with Crippen molar-refractivity contribution in [1.29, 1.82) is 0 Å². The molecule has 1 saturated carbocycles. The van der Waals surface area contributed by atoms with Gasteiger partial charge >= 0.3 is 0 Å². The summed E-state index contributed by atoms with van der Waals surface area (Å²) < 4.78 is 0. The van der Waals surface area contributed by atoms with Gasteiger partial charge in [-0.3, -0.25) is 0 Å². The van der Waals surface area contributed by atoms with E-state index in [1.807, 2.05) is 0 Å². The Morgan fingerprint density at radius 2 is 1.87 bits per heavy atom. The highest BCUT2D eigenvalue weighted by Gasteiger charge is 2.28. The van der Waals surface area contributed by atoms with Crippen molar-refractivity contribution in [3.63, 3.8) is 0 Å². The van der Waals surface area contributed by atoms with Crippen LogP contribution in [-0.2, 0) is 0 Å². The maximum absolute atomic E-state index is 2.67. The van der Waals surface area contributed by atoms with E-state index in [2.05, 4.69) is 18.7 Å². The van der Waals surface area contributed by atoms with Crippen molar-refractivity contribution in [3.8, 4) is 0 Å². The highest BCUT2D eigenvalue weighted by atomic mass is 15.1. The first-order chi connectivity index (χ1) is 7.16. The second-order valence-electron chi connectivity index (χ2n) is 6.46. The molecule has 0 bridgehead atoms. The van der Waals surface area contributed by atoms with Gasteiger partial charge in [-0.05, 0) is 63.1 Å². The minimum absolute atomic E-state index is 0.633. The van der Waals surface area contributed by atoms with E-state index in [9.17, 15) is 0 Å². The fourth-order valence-corrected chi connectivity index (χ4v) is 3.47. The van der Waals surface area contributed by atoms with Crippen molar-refractivity contribution in [2.75, 3.05) is 19.6 Å². The first-order valence-electron chi connectivity index (χ1n) is 6.88. The summed E-state index contributed by atoms with van der Waals surface area (Å²) in [4.78, 5) is 2.67. The van der Waals surface area contributed by atoms with Crippen molar-refractivity contribution in [2.45, 2.75) is 58.8 Å². The Morgan fingerprint density at radius 3 is 2.53 bits per heavy atom. The molecule has 1 saturated heterocycles. The van der Waals surface area contributed by atoms with Gasteiger partial charge in [0, 0.05) is 0 Å². The molecule has 0 amide bonds. The highest BCUT2D eigenvalue weighted by molar-refractivity contribution is 4.80. The zero-order valence-electron chi connectivity index (χ0n) is 10.6. The van der Waals surface area contributed by atoms with Crippen molar-refractivity contribution in [3.05, 3.63) is 0 Å². The van der Waals surface area contributed by atoms with E-state index < -0.39 is 0 Å². The summed E-state index contributed by atoms with van der Waals surface area (Å²) in [5.41, 5.74) is 0.633. The Hall–Kier alpha value is -0.0400. The predicted octanol–water partition coefficient (Wildman–Crippen LogP) is 3.69. The molecule has 0 aromatic carbocycles. The molecule has 88 valence electrons. The van der Waals surface area contributed by atoms with Gasteiger partial charge in [0.15, 0.2) is 0 Å². The molecule has 2 fully saturated rings. The quantitative estimate of drug-likeness (QED) is 0.685. The van der Waals surface area contributed by atoms with Gasteiger partial charge in [-0.2, -0.15) is 0 Å². The minimum atomic E-state index is 0.633. The molecule has 1 heterocycles. The van der Waals surface area contributed by atoms with Crippen LogP contribution < -0.4 is 0 Å². The van der Waals surface area contributed by atoms with Crippen LogP contribution in [0, 0.1) is 11.3 Å². The van der Waals surface area contributed by atoms with Crippen molar-refractivity contribution in [1.82, 2.24) is 4.90 Å². The summed E-state index contributed by atoms with van der Waals surface area (Å²) in [7, 11) is 0. The molecule has 0 aromatic rings. The smallest absolute Gasteiger partial charge is 0.00161 e. The topological polar surface area (TPSA) is 3.24 Å². The normalized spacial score (nSPS) is 32.0. The molecule has 1 atom stereocenters. The SMILES string of the molecule is CC1(C)CCCC(CCN2CCCC2)C1. The molecule has 1 aliphatic carbocycles. The summed E-state index contributed by atoms with van der Waals surface area (Å²) in [5.74, 6) is 1.02. The van der Waals surface area contributed by atoms with Crippen LogP contribution in [0.2, 0.25) is 0 Å². The molecule has 1 nitrogen and oxygen atoms in total. The van der Waals surface area contributed by atoms with E-state index in [1.54, 1.807) is 0 Å². The number of nitrogens with zero attached hydrogens (tertiary/aromatic N) is 1. The van der Waals surface area contributed by atoms with Crippen molar-refractivity contribution >= 4 is 0 Å². The maximum atomic E-state index is 2.67. The zero-order chi connectivity index (χ0) is 10.7. The molecule has 1 heteroatoms. The molecule has 1 aliphatic heterocycles. The van der Waals surface area contributed by atoms with E-state index in [4.69, 9.17) is 0 Å². The predicted molar refractivity (Wildman–Crippen MR) is 66.0 cm³/mol. The molecule has 0 N–H and O–H groups in total. The summed E-state index contributed by atoms with van der Waals surface area (Å²) in [6.07, 6.45) is 10.2. The van der Waals surface area contributed by atoms with Gasteiger partial charge in [0.05, 0.1) is 0 Å². The van der Waals surface area contributed by atoms with Crippen LogP contribution in [-0.4, -0.2) is 24.5 Å². The third kappa shape index (κ3) is 3.48. The van der Waals surface area contributed by atoms with Gasteiger partial charge in [0.1, 0.15) is 0 Å². The summed E-state index contributed by atoms with van der Waals surface area (Å²) in [6, 6.07) is 0. The Labute approximate surface area is 95.2 Å². The average Bonchev–Trinajstić information content (AvgIpc) is 2.65. The molecule has 1 unspecified atom stereocenters. The second-order valence-corrected chi connectivity index (χ2v) is 6.46. The lowest BCUT2D eigenvalue weighted by atomic mass is 9.71. The molecular formula is C14H27N. The number of likely N-dealkylation sites (tertiary alicyclic amines) is 1. The summed E-state index contributed by atoms with van der Waals surface area (Å²) >= 11 is 0. The first kappa shape index (κ1) is 11.4. The van der Waals surface area contributed by atoms with E-state index in [-0.39, 0.29) is 0 Å². The third-order valence-corrected chi connectivity index (χ3v) is 4.36. The number of rotatable bonds is 3. The van der Waals surface area contributed by atoms with E-state index in [0.29, 0.717) is 5.41 Å². The van der Waals surface area contributed by atoms with Gasteiger partial charge in [0.25, 0.3) is 0 Å². The number of hydrogen-bond acceptors (Lipinski definition) is 1. The van der Waals surface area contributed by atoms with Gasteiger partial charge in [-0.15, -0.1) is 0 Å². The minimum Gasteiger partial charge on any atom is -0.303 e. The lowest BCUT2D eigenvalue weighted by Crippen LogP contribution is -2.27. The summed E-state index contributed by atoms with van der Waals surface area (Å²) in [6.45, 7) is 9.02. The second kappa shape index (κ2) is 4.86. The third-order valence-electron chi connectivity index (χ3n) is 4.36. The lowest BCUT2D eigenvalue weighted by molar-refractivity contribution is 0.161. The van der Waals surface area contributed by atoms with Gasteiger partial charge < -0.3 is 4.90 Å². The Bertz CT molecular complexity index is 192. The van der Waals surface area contributed by atoms with Crippen LogP contribution in [0.15, 0.2) is 0 Å². The van der Waals surface area contributed by atoms with Gasteiger partial charge in [-0.25, -0.2) is 0 Å². The molecular weight excluding hydrogens is 182 g/mol. The molecule has 0 radical (unpaired) electrons. The van der Waals surface area contributed by atoms with E-state index >= 15 is 0 Å². The first-order valence-corrected chi connectivity index (χ1v) is 6.88. The van der Waals surface area contributed by atoms with Crippen LogP contribution in [0.25, 0.3) is 0 Å². The molecule has 15 heavy (non-hydrogen) atoms. The van der Waals surface area contributed by atoms with Crippen LogP contribution in [0.3, 0.4) is 0 Å². The van der Waals surface area contributed by atoms with Crippen LogP contribution in [0.5, 0.6) is 0 Å². The van der Waals surface area contributed by atoms with Crippen LogP contribution in [0.4, 0.5) is 0 Å². The molecule has 2 aliphatic rings. The van der Waals surface area contributed by atoms with Crippen LogP contribution >= 0.6 is 0 Å². The Kier molecular flexibility index (Phi) is 3.71. The molecule has 2 rings (SSSR count). The standard InChI is InChI=1S/C14H27N/c1-14(2)8-5-6-13(12-14)7-11-15-9-3-4-10-15/h13H,3-12H2,1-2H3. The number of hydrogen-bond donors (Lipinski definition) is 0. The molecule has 0 aromatic heterocycles.